The minimum Gasteiger partial charge on any atom is -0.463 e. The van der Waals surface area contributed by atoms with Crippen LogP contribution in [-0.4, -0.2) is 181 Å². The highest BCUT2D eigenvalue weighted by molar-refractivity contribution is 5.79. The molecule has 69 heavy (non-hydrogen) atoms. The highest BCUT2D eigenvalue weighted by Crippen LogP contribution is 2.76. The van der Waals surface area contributed by atoms with Crippen molar-refractivity contribution in [3.05, 3.63) is 11.6 Å². The van der Waals surface area contributed by atoms with Gasteiger partial charge >= 0.3 is 11.9 Å². The lowest BCUT2D eigenvalue weighted by atomic mass is 9.33. The van der Waals surface area contributed by atoms with Crippen molar-refractivity contribution in [2.24, 2.45) is 50.2 Å². The predicted octanol–water partition coefficient (Wildman–Crippen LogP) is 0.711. The molecule has 19 heteroatoms. The van der Waals surface area contributed by atoms with E-state index < -0.39 is 141 Å². The van der Waals surface area contributed by atoms with Crippen LogP contribution in [0.25, 0.3) is 0 Å². The fourth-order valence-corrected chi connectivity index (χ4v) is 15.2. The zero-order chi connectivity index (χ0) is 50.6. The second-order valence-electron chi connectivity index (χ2n) is 24.1. The number of hydrogen-bond donors (Lipinski definition) is 10. The molecular formula is C50H80O19. The Morgan fingerprint density at radius 1 is 0.638 bits per heavy atom. The minimum atomic E-state index is -1.81. The maximum absolute atomic E-state index is 14.7. The molecule has 0 aromatic rings. The van der Waals surface area contributed by atoms with E-state index in [1.54, 1.807) is 0 Å². The summed E-state index contributed by atoms with van der Waals surface area (Å²) < 4.78 is 41.7. The first kappa shape index (κ1) is 53.4. The SMILES string of the molecule is CC(=O)OCC1OC(OC2CCC3(C)C(CCC4(C)C3CC=C3C5CC(C)(C)CCC5(C(=O)OC5OC(CO)C(O)C(O)C5O)CCC34C)C2(C)C)C(OC2OC(CO)C(O)C(O)C2O)C(O)C1O. The summed E-state index contributed by atoms with van der Waals surface area (Å²) in [5.74, 6) is -0.918. The largest absolute Gasteiger partial charge is 0.463 e. The molecule has 394 valence electrons. The fraction of sp³-hybridized carbons (Fsp3) is 0.920. The van der Waals surface area contributed by atoms with Crippen LogP contribution < -0.4 is 0 Å². The van der Waals surface area contributed by atoms with Crippen molar-refractivity contribution in [3.63, 3.8) is 0 Å². The van der Waals surface area contributed by atoms with Crippen molar-refractivity contribution < 1.29 is 93.8 Å². The predicted molar refractivity (Wildman–Crippen MR) is 240 cm³/mol. The molecule has 0 aromatic heterocycles. The Bertz CT molecular complexity index is 1910. The van der Waals surface area contributed by atoms with Crippen molar-refractivity contribution in [3.8, 4) is 0 Å². The van der Waals surface area contributed by atoms with Gasteiger partial charge in [-0.1, -0.05) is 60.1 Å². The number of fused-ring (bicyclic) bond motifs is 7. The third-order valence-electron chi connectivity index (χ3n) is 19.6. The molecule has 7 fully saturated rings. The Labute approximate surface area is 404 Å². The molecule has 8 aliphatic rings. The first-order valence-electron chi connectivity index (χ1n) is 25.2. The van der Waals surface area contributed by atoms with Crippen LogP contribution in [0.3, 0.4) is 0 Å². The van der Waals surface area contributed by atoms with Crippen LogP contribution in [0, 0.1) is 50.2 Å². The maximum Gasteiger partial charge on any atom is 0.315 e. The number of allylic oxidation sites excluding steroid dienone is 2. The Hall–Kier alpha value is -1.92. The van der Waals surface area contributed by atoms with E-state index in [4.69, 9.17) is 33.2 Å². The van der Waals surface area contributed by atoms with Gasteiger partial charge in [0.25, 0.3) is 0 Å². The zero-order valence-corrected chi connectivity index (χ0v) is 41.4. The Morgan fingerprint density at radius 3 is 1.84 bits per heavy atom. The molecule has 10 N–H and O–H groups in total. The third kappa shape index (κ3) is 8.75. The lowest BCUT2D eigenvalue weighted by Crippen LogP contribution is -2.67. The zero-order valence-electron chi connectivity index (χ0n) is 41.4. The normalized spacial score (nSPS) is 51.4. The van der Waals surface area contributed by atoms with Crippen LogP contribution in [0.15, 0.2) is 11.6 Å². The number of hydrogen-bond acceptors (Lipinski definition) is 19. The standard InChI is InChI=1S/C50H80O19/c1-23(53)63-22-28-34(56)37(59)40(68-41-38(60)35(57)32(54)26(20-51)64-41)43(66-28)67-31-12-13-47(6)29(46(31,4)5)11-14-49(8)30(47)10-9-24-25-19-45(2,3)15-17-50(25,18-16-48(24,49)7)44(62)69-42-39(61)36(58)33(55)27(21-52)65-42/h9,25-43,51-52,54-61H,10-22H2,1-8H3. The van der Waals surface area contributed by atoms with Gasteiger partial charge in [0.15, 0.2) is 12.6 Å². The summed E-state index contributed by atoms with van der Waals surface area (Å²) in [4.78, 5) is 26.5. The van der Waals surface area contributed by atoms with E-state index >= 15 is 0 Å². The fourth-order valence-electron chi connectivity index (χ4n) is 15.2. The van der Waals surface area contributed by atoms with Gasteiger partial charge < -0.3 is 84.2 Å². The minimum absolute atomic E-state index is 0.0734. The molecule has 23 unspecified atom stereocenters. The molecule has 3 heterocycles. The molecule has 5 aliphatic carbocycles. The van der Waals surface area contributed by atoms with E-state index in [1.807, 2.05) is 0 Å². The summed E-state index contributed by atoms with van der Waals surface area (Å²) in [6, 6.07) is 0. The van der Waals surface area contributed by atoms with E-state index in [0.29, 0.717) is 19.3 Å². The van der Waals surface area contributed by atoms with Crippen molar-refractivity contribution in [2.75, 3.05) is 19.8 Å². The molecule has 0 amide bonds. The smallest absolute Gasteiger partial charge is 0.315 e. The summed E-state index contributed by atoms with van der Waals surface area (Å²) in [6.45, 7) is 15.5. The van der Waals surface area contributed by atoms with Gasteiger partial charge in [-0.2, -0.15) is 0 Å². The van der Waals surface area contributed by atoms with E-state index in [2.05, 4.69) is 54.5 Å². The highest BCUT2D eigenvalue weighted by Gasteiger charge is 2.70. The lowest BCUT2D eigenvalue weighted by Gasteiger charge is -2.71. The maximum atomic E-state index is 14.7. The topological polar surface area (TPSA) is 301 Å². The van der Waals surface area contributed by atoms with Crippen molar-refractivity contribution in [2.45, 2.75) is 218 Å². The van der Waals surface area contributed by atoms with Gasteiger partial charge in [-0.05, 0) is 109 Å². The molecular weight excluding hydrogens is 905 g/mol. The number of carbonyl (C=O) groups excluding carboxylic acids is 2. The van der Waals surface area contributed by atoms with Gasteiger partial charge in [0.2, 0.25) is 6.29 Å². The van der Waals surface area contributed by atoms with Gasteiger partial charge in [0.05, 0.1) is 24.7 Å². The van der Waals surface area contributed by atoms with Crippen LogP contribution in [0.4, 0.5) is 0 Å². The summed E-state index contributed by atoms with van der Waals surface area (Å²) in [6.07, 6.45) is -14.2. The summed E-state index contributed by atoms with van der Waals surface area (Å²) >= 11 is 0. The first-order valence-corrected chi connectivity index (χ1v) is 25.2. The number of carbonyl (C=O) groups is 2. The van der Waals surface area contributed by atoms with Crippen molar-refractivity contribution in [1.29, 1.82) is 0 Å². The average Bonchev–Trinajstić information content (AvgIpc) is 3.29. The number of aliphatic hydroxyl groups excluding tert-OH is 10. The Morgan fingerprint density at radius 2 is 1.22 bits per heavy atom. The van der Waals surface area contributed by atoms with Gasteiger partial charge in [-0.25, -0.2) is 0 Å². The van der Waals surface area contributed by atoms with Crippen LogP contribution in [0.1, 0.15) is 120 Å². The van der Waals surface area contributed by atoms with Gasteiger partial charge in [0, 0.05) is 6.92 Å². The molecule has 0 spiro atoms. The van der Waals surface area contributed by atoms with Gasteiger partial charge in [-0.3, -0.25) is 9.59 Å². The molecule has 19 nitrogen and oxygen atoms in total. The molecule has 0 bridgehead atoms. The number of ether oxygens (including phenoxy) is 7. The second-order valence-corrected chi connectivity index (χ2v) is 24.1. The number of aliphatic hydroxyl groups is 10. The molecule has 0 aromatic carbocycles. The first-order chi connectivity index (χ1) is 32.2. The quantitative estimate of drug-likeness (QED) is 0.0819. The third-order valence-corrected chi connectivity index (χ3v) is 19.6. The van der Waals surface area contributed by atoms with E-state index in [1.165, 1.54) is 12.5 Å². The van der Waals surface area contributed by atoms with Crippen LogP contribution in [0.5, 0.6) is 0 Å². The van der Waals surface area contributed by atoms with Crippen LogP contribution in [0.2, 0.25) is 0 Å². The van der Waals surface area contributed by atoms with Crippen LogP contribution in [-0.2, 0) is 42.7 Å². The summed E-state index contributed by atoms with van der Waals surface area (Å²) in [5.41, 5.74) is -0.867. The van der Waals surface area contributed by atoms with E-state index in [-0.39, 0.29) is 39.4 Å². The van der Waals surface area contributed by atoms with E-state index in [9.17, 15) is 60.7 Å². The molecule has 0 radical (unpaired) electrons. The number of rotatable bonds is 10. The van der Waals surface area contributed by atoms with Crippen molar-refractivity contribution in [1.82, 2.24) is 0 Å². The molecule has 3 saturated heterocycles. The number of esters is 2. The monoisotopic (exact) mass is 985 g/mol. The van der Waals surface area contributed by atoms with Gasteiger partial charge in [0.1, 0.15) is 79.9 Å². The molecule has 4 saturated carbocycles. The molecule has 3 aliphatic heterocycles. The Kier molecular flexibility index (Phi) is 14.8. The molecule has 8 rings (SSSR count). The van der Waals surface area contributed by atoms with Crippen LogP contribution >= 0.6 is 0 Å². The van der Waals surface area contributed by atoms with Crippen molar-refractivity contribution >= 4 is 11.9 Å². The summed E-state index contributed by atoms with van der Waals surface area (Å²) in [5, 5.41) is 106. The average molecular weight is 985 g/mol. The Balaban J connectivity index is 1.05. The lowest BCUT2D eigenvalue weighted by molar-refractivity contribution is -0.378. The second kappa shape index (κ2) is 19.1. The van der Waals surface area contributed by atoms with E-state index in [0.717, 1.165) is 44.9 Å². The molecule has 23 atom stereocenters. The summed E-state index contributed by atoms with van der Waals surface area (Å²) in [7, 11) is 0. The van der Waals surface area contributed by atoms with Gasteiger partial charge in [-0.15, -0.1) is 0 Å². The highest BCUT2D eigenvalue weighted by atomic mass is 16.8.